The van der Waals surface area contributed by atoms with Crippen LogP contribution >= 0.6 is 15.9 Å². The standard InChI is InChI=1S/C17H20BrN3O/c18-15-4-5-17(22)14(11-15)12-20-7-9-21(10-8-20)13-16-3-1-2-6-19-16/h1-6,11,22H,7-10,12-13H2/p+3. The lowest BCUT2D eigenvalue weighted by Gasteiger charge is -2.29. The number of phenols is 1. The highest BCUT2D eigenvalue weighted by Gasteiger charge is 2.25. The second kappa shape index (κ2) is 7.22. The highest BCUT2D eigenvalue weighted by Crippen LogP contribution is 2.20. The highest BCUT2D eigenvalue weighted by atomic mass is 79.9. The summed E-state index contributed by atoms with van der Waals surface area (Å²) in [6, 6.07) is 11.9. The third-order valence-electron chi connectivity index (χ3n) is 4.36. The number of nitrogens with one attached hydrogen (secondary N) is 3. The van der Waals surface area contributed by atoms with Crippen LogP contribution in [-0.2, 0) is 13.1 Å². The number of H-pyrrole nitrogens is 1. The minimum absolute atomic E-state index is 0.407. The van der Waals surface area contributed by atoms with Gasteiger partial charge in [-0.15, -0.1) is 0 Å². The zero-order chi connectivity index (χ0) is 15.4. The van der Waals surface area contributed by atoms with E-state index in [1.54, 1.807) is 15.9 Å². The Kier molecular flexibility index (Phi) is 5.08. The first-order chi connectivity index (χ1) is 10.7. The number of phenolic OH excluding ortho intramolecular Hbond substituents is 1. The van der Waals surface area contributed by atoms with Crippen LogP contribution in [0.2, 0.25) is 0 Å². The second-order valence-corrected chi connectivity index (χ2v) is 6.93. The van der Waals surface area contributed by atoms with Crippen LogP contribution in [0.15, 0.2) is 47.1 Å². The lowest BCUT2D eigenvalue weighted by atomic mass is 10.1. The van der Waals surface area contributed by atoms with E-state index in [1.807, 2.05) is 24.4 Å². The highest BCUT2D eigenvalue weighted by molar-refractivity contribution is 9.10. The molecule has 1 aliphatic rings. The van der Waals surface area contributed by atoms with Crippen LogP contribution in [-0.4, -0.2) is 31.3 Å². The molecule has 0 saturated carbocycles. The van der Waals surface area contributed by atoms with Gasteiger partial charge in [0.15, 0.2) is 12.7 Å². The fourth-order valence-electron chi connectivity index (χ4n) is 3.09. The van der Waals surface area contributed by atoms with Crippen molar-refractivity contribution in [3.63, 3.8) is 0 Å². The van der Waals surface area contributed by atoms with E-state index < -0.39 is 0 Å². The SMILES string of the molecule is Oc1ccc(Br)cc1C[NH+]1CC[NH+](Cc2cccc[nH+]2)CC1. The van der Waals surface area contributed by atoms with Gasteiger partial charge in [-0.1, -0.05) is 15.9 Å². The molecule has 1 aromatic heterocycles. The molecule has 0 aliphatic carbocycles. The Balaban J connectivity index is 1.52. The summed E-state index contributed by atoms with van der Waals surface area (Å²) in [5.74, 6) is 0.407. The predicted octanol–water partition coefficient (Wildman–Crippen LogP) is -0.548. The Morgan fingerprint density at radius 3 is 2.41 bits per heavy atom. The van der Waals surface area contributed by atoms with Crippen molar-refractivity contribution in [2.24, 2.45) is 0 Å². The summed E-state index contributed by atoms with van der Waals surface area (Å²) < 4.78 is 1.03. The van der Waals surface area contributed by atoms with Gasteiger partial charge in [0.25, 0.3) is 0 Å². The van der Waals surface area contributed by atoms with E-state index in [9.17, 15) is 5.11 Å². The first-order valence-corrected chi connectivity index (χ1v) is 8.60. The molecular formula is C17H23BrN3O+3. The third-order valence-corrected chi connectivity index (χ3v) is 4.85. The summed E-state index contributed by atoms with van der Waals surface area (Å²) in [6.45, 7) is 6.61. The first kappa shape index (κ1) is 15.5. The predicted molar refractivity (Wildman–Crippen MR) is 87.6 cm³/mol. The minimum atomic E-state index is 0.407. The molecule has 3 rings (SSSR count). The smallest absolute Gasteiger partial charge is 0.234 e. The normalized spacial score (nSPS) is 21.7. The monoisotopic (exact) mass is 364 g/mol. The molecule has 1 aliphatic heterocycles. The third kappa shape index (κ3) is 4.06. The molecule has 116 valence electrons. The van der Waals surface area contributed by atoms with Crippen molar-refractivity contribution in [2.75, 3.05) is 26.2 Å². The Hall–Kier alpha value is -1.43. The van der Waals surface area contributed by atoms with Crippen molar-refractivity contribution in [2.45, 2.75) is 13.1 Å². The van der Waals surface area contributed by atoms with Gasteiger partial charge in [-0.25, -0.2) is 4.98 Å². The molecular weight excluding hydrogens is 342 g/mol. The number of hydrogen-bond acceptors (Lipinski definition) is 1. The van der Waals surface area contributed by atoms with Crippen LogP contribution in [0.25, 0.3) is 0 Å². The largest absolute Gasteiger partial charge is 0.507 e. The summed E-state index contributed by atoms with van der Waals surface area (Å²) in [7, 11) is 0. The number of aromatic amines is 1. The van der Waals surface area contributed by atoms with E-state index in [0.717, 1.165) is 36.2 Å². The summed E-state index contributed by atoms with van der Waals surface area (Å²) in [5.41, 5.74) is 2.33. The molecule has 0 amide bonds. The number of pyridine rings is 1. The summed E-state index contributed by atoms with van der Waals surface area (Å²) in [5, 5.41) is 9.97. The molecule has 4 N–H and O–H groups in total. The van der Waals surface area contributed by atoms with Crippen LogP contribution < -0.4 is 14.8 Å². The number of benzene rings is 1. The van der Waals surface area contributed by atoms with Crippen molar-refractivity contribution in [3.8, 4) is 5.75 Å². The zero-order valence-electron chi connectivity index (χ0n) is 12.6. The molecule has 2 heterocycles. The van der Waals surface area contributed by atoms with Gasteiger partial charge in [-0.3, -0.25) is 0 Å². The van der Waals surface area contributed by atoms with Gasteiger partial charge in [0.2, 0.25) is 5.69 Å². The van der Waals surface area contributed by atoms with Gasteiger partial charge in [-0.2, -0.15) is 0 Å². The molecule has 0 radical (unpaired) electrons. The number of rotatable bonds is 4. The van der Waals surface area contributed by atoms with Crippen molar-refractivity contribution in [3.05, 3.63) is 58.3 Å². The van der Waals surface area contributed by atoms with Crippen LogP contribution in [0, 0.1) is 0 Å². The molecule has 0 bridgehead atoms. The van der Waals surface area contributed by atoms with Crippen molar-refractivity contribution >= 4 is 15.9 Å². The van der Waals surface area contributed by atoms with Gasteiger partial charge >= 0.3 is 0 Å². The molecule has 22 heavy (non-hydrogen) atoms. The first-order valence-electron chi connectivity index (χ1n) is 7.81. The average molecular weight is 365 g/mol. The van der Waals surface area contributed by atoms with E-state index in [-0.39, 0.29) is 0 Å². The van der Waals surface area contributed by atoms with Crippen molar-refractivity contribution < 1.29 is 19.9 Å². The maximum atomic E-state index is 9.97. The second-order valence-electron chi connectivity index (χ2n) is 6.01. The van der Waals surface area contributed by atoms with Crippen LogP contribution in [0.1, 0.15) is 11.3 Å². The number of aromatic nitrogens is 1. The molecule has 2 aromatic rings. The van der Waals surface area contributed by atoms with Crippen LogP contribution in [0.4, 0.5) is 0 Å². The quantitative estimate of drug-likeness (QED) is 0.669. The molecule has 1 fully saturated rings. The number of halogens is 1. The van der Waals surface area contributed by atoms with Gasteiger partial charge in [0.1, 0.15) is 38.5 Å². The Bertz CT molecular complexity index is 613. The van der Waals surface area contributed by atoms with Crippen LogP contribution in [0.5, 0.6) is 5.75 Å². The number of aromatic hydroxyl groups is 1. The molecule has 0 atom stereocenters. The van der Waals surface area contributed by atoms with Gasteiger partial charge in [0, 0.05) is 22.2 Å². The van der Waals surface area contributed by atoms with Gasteiger partial charge in [0.05, 0.1) is 0 Å². The van der Waals surface area contributed by atoms with E-state index in [2.05, 4.69) is 33.0 Å². The lowest BCUT2D eigenvalue weighted by Crippen LogP contribution is -3.27. The lowest BCUT2D eigenvalue weighted by molar-refractivity contribution is -1.03. The topological polar surface area (TPSA) is 43.2 Å². The maximum absolute atomic E-state index is 9.97. The number of piperazine rings is 1. The van der Waals surface area contributed by atoms with E-state index in [1.165, 1.54) is 18.8 Å². The Morgan fingerprint density at radius 2 is 1.73 bits per heavy atom. The molecule has 1 saturated heterocycles. The number of quaternary nitrogens is 2. The van der Waals surface area contributed by atoms with Crippen molar-refractivity contribution in [1.82, 2.24) is 0 Å². The summed E-state index contributed by atoms with van der Waals surface area (Å²) in [4.78, 5) is 6.49. The van der Waals surface area contributed by atoms with Crippen LogP contribution in [0.3, 0.4) is 0 Å². The molecule has 5 heteroatoms. The summed E-state index contributed by atoms with van der Waals surface area (Å²) >= 11 is 3.48. The Labute approximate surface area is 139 Å². The zero-order valence-corrected chi connectivity index (χ0v) is 14.2. The van der Waals surface area contributed by atoms with Crippen molar-refractivity contribution in [1.29, 1.82) is 0 Å². The van der Waals surface area contributed by atoms with E-state index in [4.69, 9.17) is 0 Å². The number of hydrogen-bond donors (Lipinski definition) is 3. The summed E-state index contributed by atoms with van der Waals surface area (Å²) in [6.07, 6.45) is 1.99. The molecule has 0 spiro atoms. The maximum Gasteiger partial charge on any atom is 0.234 e. The van der Waals surface area contributed by atoms with E-state index in [0.29, 0.717) is 5.75 Å². The fraction of sp³-hybridized carbons (Fsp3) is 0.353. The van der Waals surface area contributed by atoms with Gasteiger partial charge in [-0.05, 0) is 24.3 Å². The van der Waals surface area contributed by atoms with Gasteiger partial charge < -0.3 is 14.9 Å². The molecule has 1 aromatic carbocycles. The molecule has 4 nitrogen and oxygen atoms in total. The molecule has 0 unspecified atom stereocenters. The minimum Gasteiger partial charge on any atom is -0.507 e. The fourth-order valence-corrected chi connectivity index (χ4v) is 3.49. The van der Waals surface area contributed by atoms with E-state index >= 15 is 0 Å². The average Bonchev–Trinajstić information content (AvgIpc) is 2.54. The Morgan fingerprint density at radius 1 is 1.00 bits per heavy atom.